The van der Waals surface area contributed by atoms with Crippen LogP contribution >= 0.6 is 11.3 Å². The van der Waals surface area contributed by atoms with Gasteiger partial charge in [-0.05, 0) is 125 Å². The minimum Gasteiger partial charge on any atom is -0.455 e. The predicted molar refractivity (Wildman–Crippen MR) is 441 cm³/mol. The number of furan rings is 2. The van der Waals surface area contributed by atoms with Gasteiger partial charge < -0.3 is 18.0 Å². The second-order valence-electron chi connectivity index (χ2n) is 27.0. The van der Waals surface area contributed by atoms with E-state index in [-0.39, 0.29) is 0 Å². The van der Waals surface area contributed by atoms with Gasteiger partial charge in [0.2, 0.25) is 0 Å². The summed E-state index contributed by atoms with van der Waals surface area (Å²) in [6.07, 6.45) is 0. The van der Waals surface area contributed by atoms with Crippen molar-refractivity contribution in [2.75, 3.05) is 0 Å². The van der Waals surface area contributed by atoms with Gasteiger partial charge in [0.1, 0.15) is 22.3 Å². The minimum absolute atomic E-state index is 0.575. The molecule has 0 aliphatic rings. The van der Waals surface area contributed by atoms with E-state index in [0.29, 0.717) is 23.3 Å². The van der Waals surface area contributed by atoms with E-state index >= 15 is 0 Å². The topological polar surface area (TPSA) is 101 Å². The van der Waals surface area contributed by atoms with Gasteiger partial charge in [0.25, 0.3) is 0 Å². The summed E-state index contributed by atoms with van der Waals surface area (Å²) in [5, 5.41) is 11.5. The first-order valence-corrected chi connectivity index (χ1v) is 36.7. The number of hydrogen-bond donors (Lipinski definition) is 0. The summed E-state index contributed by atoms with van der Waals surface area (Å²) in [6.45, 7) is 0. The Labute approximate surface area is 617 Å². The molecule has 0 aliphatic carbocycles. The lowest BCUT2D eigenvalue weighted by Crippen LogP contribution is -2.00. The second kappa shape index (κ2) is 25.4. The molecule has 7 heterocycles. The van der Waals surface area contributed by atoms with Crippen LogP contribution in [0.2, 0.25) is 0 Å². The fourth-order valence-electron chi connectivity index (χ4n) is 15.7. The Balaban J connectivity index is 0.000000138. The van der Waals surface area contributed by atoms with E-state index in [2.05, 4.69) is 276 Å². The molecule has 0 amide bonds. The summed E-state index contributed by atoms with van der Waals surface area (Å²) < 4.78 is 20.2. The Morgan fingerprint density at radius 3 is 1.19 bits per heavy atom. The van der Waals surface area contributed by atoms with Gasteiger partial charge in [0.15, 0.2) is 23.3 Å². The third-order valence-corrected chi connectivity index (χ3v) is 21.9. The molecule has 0 atom stereocenters. The van der Waals surface area contributed by atoms with Gasteiger partial charge in [-0.25, -0.2) is 24.9 Å². The van der Waals surface area contributed by atoms with E-state index in [0.717, 1.165) is 105 Å². The number of hydrogen-bond acceptors (Lipinski definition) is 8. The Morgan fingerprint density at radius 2 is 0.626 bits per heavy atom. The van der Waals surface area contributed by atoms with Crippen molar-refractivity contribution in [3.8, 4) is 102 Å². The quantitative estimate of drug-likeness (QED) is 0.134. The highest BCUT2D eigenvalue weighted by Gasteiger charge is 2.24. The molecule has 22 rings (SSSR count). The molecule has 0 aliphatic heterocycles. The van der Waals surface area contributed by atoms with Crippen molar-refractivity contribution in [3.63, 3.8) is 0 Å². The van der Waals surface area contributed by atoms with Crippen molar-refractivity contribution >= 4 is 119 Å². The lowest BCUT2D eigenvalue weighted by molar-refractivity contribution is 0.669. The zero-order valence-corrected chi connectivity index (χ0v) is 58.2. The molecule has 7 aromatic heterocycles. The van der Waals surface area contributed by atoms with E-state index in [1.54, 1.807) is 11.3 Å². The maximum Gasteiger partial charge on any atom is 0.167 e. The molecule has 107 heavy (non-hydrogen) atoms. The molecule has 0 bridgehead atoms. The summed E-state index contributed by atoms with van der Waals surface area (Å²) in [5.74, 6) is 2.45. The van der Waals surface area contributed by atoms with Gasteiger partial charge in [-0.15, -0.1) is 11.3 Å². The van der Waals surface area contributed by atoms with Crippen LogP contribution in [0.4, 0.5) is 0 Å². The zero-order chi connectivity index (χ0) is 70.5. The Bertz CT molecular complexity index is 7190. The van der Waals surface area contributed by atoms with Crippen LogP contribution in [0.3, 0.4) is 0 Å². The summed E-state index contributed by atoms with van der Waals surface area (Å²) in [6, 6.07) is 125. The minimum atomic E-state index is 0.575. The molecular formula is C97H59N7O2S. The molecule has 0 N–H and O–H groups in total. The third kappa shape index (κ3) is 10.6. The largest absolute Gasteiger partial charge is 0.455 e. The van der Waals surface area contributed by atoms with Gasteiger partial charge in [0.05, 0.1) is 44.6 Å². The number of rotatable bonds is 10. The first kappa shape index (κ1) is 61.5. The smallest absolute Gasteiger partial charge is 0.167 e. The van der Waals surface area contributed by atoms with Crippen molar-refractivity contribution in [1.29, 1.82) is 0 Å². The predicted octanol–water partition coefficient (Wildman–Crippen LogP) is 26.0. The van der Waals surface area contributed by atoms with Gasteiger partial charge >= 0.3 is 0 Å². The molecule has 0 unspecified atom stereocenters. The maximum atomic E-state index is 6.65. The molecule has 22 aromatic rings. The molecule has 0 fully saturated rings. The number of para-hydroxylation sites is 5. The first-order chi connectivity index (χ1) is 53.0. The molecule has 0 saturated carbocycles. The fraction of sp³-hybridized carbons (Fsp3) is 0. The van der Waals surface area contributed by atoms with Crippen molar-refractivity contribution in [3.05, 3.63) is 358 Å². The van der Waals surface area contributed by atoms with Crippen LogP contribution in [0.25, 0.3) is 209 Å². The number of nitrogens with zero attached hydrogens (tertiary/aromatic N) is 7. The SMILES string of the molecule is c1ccc(-c2ccc3c(c2)c2ccccc2n3-c2ccc3oc4c(-c5nc(-c6ccccc6)cc(-c6ccccc6)n5)cccc4c3c2)cc1.c1ccc(-c2ccc3c(c2)c2ccccc2n3-c2ccc3sc4c(-c5nc(-c6ccccc6)nc(-c6cccc7c6oc6ccccc67)n5)cccc4c3c2)cc1. The highest BCUT2D eigenvalue weighted by Crippen LogP contribution is 2.45. The molecule has 15 aromatic carbocycles. The number of benzene rings is 15. The summed E-state index contributed by atoms with van der Waals surface area (Å²) >= 11 is 1.78. The summed E-state index contributed by atoms with van der Waals surface area (Å²) in [4.78, 5) is 25.6. The van der Waals surface area contributed by atoms with Crippen LogP contribution in [-0.4, -0.2) is 34.1 Å². The van der Waals surface area contributed by atoms with Crippen LogP contribution in [-0.2, 0) is 0 Å². The van der Waals surface area contributed by atoms with Crippen molar-refractivity contribution in [1.82, 2.24) is 34.1 Å². The van der Waals surface area contributed by atoms with Crippen LogP contribution in [0.5, 0.6) is 0 Å². The monoisotopic (exact) mass is 1390 g/mol. The van der Waals surface area contributed by atoms with Crippen molar-refractivity contribution in [2.24, 2.45) is 0 Å². The average molecular weight is 1390 g/mol. The van der Waals surface area contributed by atoms with Crippen LogP contribution in [0, 0.1) is 0 Å². The van der Waals surface area contributed by atoms with Crippen molar-refractivity contribution in [2.45, 2.75) is 0 Å². The first-order valence-electron chi connectivity index (χ1n) is 35.8. The van der Waals surface area contributed by atoms with Crippen LogP contribution in [0.15, 0.2) is 367 Å². The standard InChI is InChI=1S/C51H30N4OS.C46H29N3O/c1-3-13-31(14-4-1)33-25-27-44-41(29-33)35-17-7-9-23-43(35)55(44)34-26-28-46-42(30-34)38-20-12-22-40(48(38)57-46)51-53-49(32-15-5-2-6-16-32)52-50(54-51)39-21-11-19-37-36-18-8-10-24-45(36)56-47(37)39;1-4-13-30(14-5-1)33-23-25-43-38(27-33)35-19-10-11-22-42(35)49(43)34-24-26-44-39(28-34)36-20-12-21-37(45(36)50-44)46-47-40(31-15-6-2-7-16-31)29-41(48-46)32-17-8-3-9-18-32/h1-30H;1-29H. The number of aromatic nitrogens is 7. The van der Waals surface area contributed by atoms with E-state index in [1.165, 1.54) is 81.3 Å². The summed E-state index contributed by atoms with van der Waals surface area (Å²) in [5.41, 5.74) is 22.4. The molecule has 500 valence electrons. The number of thiophene rings is 1. The number of fused-ring (bicyclic) bond motifs is 15. The second-order valence-corrected chi connectivity index (χ2v) is 28.0. The van der Waals surface area contributed by atoms with Crippen molar-refractivity contribution < 1.29 is 8.83 Å². The van der Waals surface area contributed by atoms with E-state index < -0.39 is 0 Å². The van der Waals surface area contributed by atoms with Gasteiger partial charge in [-0.3, -0.25) is 0 Å². The molecule has 0 spiro atoms. The average Bonchev–Trinajstić information content (AvgIpc) is 1.60. The summed E-state index contributed by atoms with van der Waals surface area (Å²) in [7, 11) is 0. The molecular weight excluding hydrogens is 1330 g/mol. The van der Waals surface area contributed by atoms with E-state index in [9.17, 15) is 0 Å². The van der Waals surface area contributed by atoms with Crippen LogP contribution < -0.4 is 0 Å². The zero-order valence-electron chi connectivity index (χ0n) is 57.4. The Morgan fingerprint density at radius 1 is 0.224 bits per heavy atom. The molecule has 10 heteroatoms. The lowest BCUT2D eigenvalue weighted by Gasteiger charge is -2.10. The molecule has 0 saturated heterocycles. The normalized spacial score (nSPS) is 11.7. The maximum absolute atomic E-state index is 6.65. The third-order valence-electron chi connectivity index (χ3n) is 20.7. The highest BCUT2D eigenvalue weighted by molar-refractivity contribution is 7.26. The fourth-order valence-corrected chi connectivity index (χ4v) is 16.9. The van der Waals surface area contributed by atoms with Gasteiger partial charge in [0, 0.05) is 96.9 Å². The van der Waals surface area contributed by atoms with Gasteiger partial charge in [-0.1, -0.05) is 255 Å². The lowest BCUT2D eigenvalue weighted by atomic mass is 10.0. The highest BCUT2D eigenvalue weighted by atomic mass is 32.1. The van der Waals surface area contributed by atoms with E-state index in [1.807, 2.05) is 91.0 Å². The Hall–Kier alpha value is -14.2. The molecule has 9 nitrogen and oxygen atoms in total. The Kier molecular flexibility index (Phi) is 14.6. The molecule has 0 radical (unpaired) electrons. The van der Waals surface area contributed by atoms with E-state index in [4.69, 9.17) is 33.8 Å². The van der Waals surface area contributed by atoms with Gasteiger partial charge in [-0.2, -0.15) is 0 Å². The van der Waals surface area contributed by atoms with Crippen LogP contribution in [0.1, 0.15) is 0 Å².